The number of aliphatic hydroxyl groups excluding tert-OH is 1. The number of aromatic nitrogens is 2. The molecule has 5 nitrogen and oxygen atoms in total. The van der Waals surface area contributed by atoms with Gasteiger partial charge in [0, 0.05) is 18.3 Å². The maximum absolute atomic E-state index is 14.1. The highest BCUT2D eigenvalue weighted by molar-refractivity contribution is 7.99. The molecule has 1 atom stereocenters. The molecule has 1 aromatic heterocycles. The first kappa shape index (κ1) is 13.1. The Morgan fingerprint density at radius 1 is 1.45 bits per heavy atom. The summed E-state index contributed by atoms with van der Waals surface area (Å²) in [5.74, 6) is -0.999. The predicted octanol–water partition coefficient (Wildman–Crippen LogP) is 2.00. The predicted molar refractivity (Wildman–Crippen MR) is 72.1 cm³/mol. The van der Waals surface area contributed by atoms with Gasteiger partial charge in [0.25, 0.3) is 5.91 Å². The minimum atomic E-state index is -1.29. The molecule has 1 aliphatic heterocycles. The minimum absolute atomic E-state index is 0.276. The van der Waals surface area contributed by atoms with Crippen LogP contribution < -0.4 is 5.32 Å². The van der Waals surface area contributed by atoms with Crippen LogP contribution in [0, 0.1) is 12.7 Å². The number of hydrogen-bond acceptors (Lipinski definition) is 4. The smallest absolute Gasteiger partial charge is 0.257 e. The Hall–Kier alpha value is -1.86. The Labute approximate surface area is 118 Å². The van der Waals surface area contributed by atoms with Crippen LogP contribution in [0.1, 0.15) is 17.4 Å². The molecule has 0 aliphatic carbocycles. The zero-order valence-corrected chi connectivity index (χ0v) is 11.7. The van der Waals surface area contributed by atoms with Gasteiger partial charge in [0.1, 0.15) is 5.82 Å². The van der Waals surface area contributed by atoms with Crippen molar-refractivity contribution in [3.05, 3.63) is 35.3 Å². The zero-order chi connectivity index (χ0) is 14.4. The number of carbonyl (C=O) groups is 1. The van der Waals surface area contributed by atoms with Gasteiger partial charge in [-0.05, 0) is 25.1 Å². The number of aryl methyl sites for hydroxylation is 2. The van der Waals surface area contributed by atoms with E-state index in [-0.39, 0.29) is 5.56 Å². The molecule has 0 fully saturated rings. The largest absolute Gasteiger partial charge is 0.378 e. The summed E-state index contributed by atoms with van der Waals surface area (Å²) in [5.41, 5.74) is 1.57. The van der Waals surface area contributed by atoms with E-state index in [4.69, 9.17) is 0 Å². The highest BCUT2D eigenvalue weighted by Crippen LogP contribution is 2.38. The van der Waals surface area contributed by atoms with E-state index in [1.54, 1.807) is 11.7 Å². The van der Waals surface area contributed by atoms with Crippen molar-refractivity contribution in [3.8, 4) is 0 Å². The number of nitrogens with zero attached hydrogens (tertiary/aromatic N) is 2. The molecule has 0 radical (unpaired) electrons. The summed E-state index contributed by atoms with van der Waals surface area (Å²) in [5, 5.41) is 17.1. The summed E-state index contributed by atoms with van der Waals surface area (Å²) >= 11 is 1.22. The van der Waals surface area contributed by atoms with Crippen LogP contribution in [0.2, 0.25) is 0 Å². The van der Waals surface area contributed by atoms with Crippen LogP contribution in [0.3, 0.4) is 0 Å². The third kappa shape index (κ3) is 2.08. The van der Waals surface area contributed by atoms with Crippen LogP contribution in [-0.2, 0) is 11.8 Å². The lowest BCUT2D eigenvalue weighted by molar-refractivity contribution is -0.123. The first-order chi connectivity index (χ1) is 9.45. The Kier molecular flexibility index (Phi) is 3.02. The highest BCUT2D eigenvalue weighted by atomic mass is 32.2. The van der Waals surface area contributed by atoms with E-state index in [0.717, 1.165) is 10.7 Å². The molecule has 20 heavy (non-hydrogen) atoms. The third-order valence-corrected chi connectivity index (χ3v) is 4.20. The number of halogens is 1. The number of benzene rings is 1. The summed E-state index contributed by atoms with van der Waals surface area (Å²) in [6.07, 6.45) is -1.29. The van der Waals surface area contributed by atoms with Crippen molar-refractivity contribution in [3.63, 3.8) is 0 Å². The Balaban J connectivity index is 1.98. The van der Waals surface area contributed by atoms with E-state index in [0.29, 0.717) is 10.6 Å². The number of rotatable bonds is 2. The summed E-state index contributed by atoms with van der Waals surface area (Å²) in [7, 11) is 1.78. The fraction of sp³-hybridized carbons (Fsp3) is 0.231. The van der Waals surface area contributed by atoms with Gasteiger partial charge in [-0.1, -0.05) is 11.8 Å². The van der Waals surface area contributed by atoms with Crippen LogP contribution in [-0.4, -0.2) is 20.8 Å². The standard InChI is InChI=1S/C13H12FN3O2S/c1-6-3-11(17(2)16-6)20-10-5-9-7(4-8(10)14)12(18)13(19)15-9/h3-5,12,18H,1-2H3,(H,15,19). The summed E-state index contributed by atoms with van der Waals surface area (Å²) in [6, 6.07) is 4.58. The molecule has 0 spiro atoms. The van der Waals surface area contributed by atoms with Crippen molar-refractivity contribution >= 4 is 23.4 Å². The van der Waals surface area contributed by atoms with Crippen LogP contribution in [0.15, 0.2) is 28.1 Å². The molecular weight excluding hydrogens is 281 g/mol. The molecule has 3 rings (SSSR count). The molecule has 1 aromatic carbocycles. The van der Waals surface area contributed by atoms with Crippen LogP contribution in [0.4, 0.5) is 10.1 Å². The van der Waals surface area contributed by atoms with Crippen LogP contribution in [0.5, 0.6) is 0 Å². The van der Waals surface area contributed by atoms with Crippen molar-refractivity contribution in [1.82, 2.24) is 9.78 Å². The molecule has 2 N–H and O–H groups in total. The second-order valence-corrected chi connectivity index (χ2v) is 5.67. The van der Waals surface area contributed by atoms with Crippen molar-refractivity contribution in [2.45, 2.75) is 22.9 Å². The van der Waals surface area contributed by atoms with E-state index in [1.165, 1.54) is 23.9 Å². The van der Waals surface area contributed by atoms with E-state index in [1.807, 2.05) is 13.0 Å². The number of anilines is 1. The average molecular weight is 293 g/mol. The molecule has 0 saturated carbocycles. The molecule has 2 aromatic rings. The summed E-state index contributed by atoms with van der Waals surface area (Å²) in [4.78, 5) is 11.7. The van der Waals surface area contributed by atoms with Gasteiger partial charge >= 0.3 is 0 Å². The SMILES string of the molecule is Cc1cc(Sc2cc3c(cc2F)C(O)C(=O)N3)n(C)n1. The molecule has 7 heteroatoms. The number of fused-ring (bicyclic) bond motifs is 1. The molecule has 2 heterocycles. The first-order valence-corrected chi connectivity index (χ1v) is 6.78. The van der Waals surface area contributed by atoms with Gasteiger partial charge in [-0.15, -0.1) is 0 Å². The fourth-order valence-electron chi connectivity index (χ4n) is 2.12. The van der Waals surface area contributed by atoms with Crippen LogP contribution >= 0.6 is 11.8 Å². The van der Waals surface area contributed by atoms with Crippen molar-refractivity contribution in [2.75, 3.05) is 5.32 Å². The van der Waals surface area contributed by atoms with E-state index >= 15 is 0 Å². The van der Waals surface area contributed by atoms with E-state index in [2.05, 4.69) is 10.4 Å². The molecule has 1 aliphatic rings. The van der Waals surface area contributed by atoms with E-state index < -0.39 is 17.8 Å². The van der Waals surface area contributed by atoms with Gasteiger partial charge in [-0.25, -0.2) is 4.39 Å². The minimum Gasteiger partial charge on any atom is -0.378 e. The molecule has 0 saturated heterocycles. The van der Waals surface area contributed by atoms with Gasteiger partial charge < -0.3 is 10.4 Å². The average Bonchev–Trinajstić information content (AvgIpc) is 2.83. The van der Waals surface area contributed by atoms with Crippen molar-refractivity contribution < 1.29 is 14.3 Å². The van der Waals surface area contributed by atoms with Gasteiger partial charge in [-0.3, -0.25) is 9.48 Å². The van der Waals surface area contributed by atoms with Gasteiger partial charge in [0.2, 0.25) is 0 Å². The Bertz CT molecular complexity index is 714. The number of aliphatic hydroxyl groups is 1. The Morgan fingerprint density at radius 2 is 2.20 bits per heavy atom. The number of carbonyl (C=O) groups excluding carboxylic acids is 1. The lowest BCUT2D eigenvalue weighted by Gasteiger charge is -2.07. The molecule has 0 bridgehead atoms. The monoisotopic (exact) mass is 293 g/mol. The molecule has 1 amide bonds. The second-order valence-electron chi connectivity index (χ2n) is 4.61. The molecule has 104 valence electrons. The summed E-state index contributed by atoms with van der Waals surface area (Å²) in [6.45, 7) is 1.86. The van der Waals surface area contributed by atoms with Crippen molar-refractivity contribution in [1.29, 1.82) is 0 Å². The maximum atomic E-state index is 14.1. The summed E-state index contributed by atoms with van der Waals surface area (Å²) < 4.78 is 15.7. The second kappa shape index (κ2) is 4.60. The lowest BCUT2D eigenvalue weighted by atomic mass is 10.1. The van der Waals surface area contributed by atoms with Gasteiger partial charge in [0.05, 0.1) is 15.6 Å². The first-order valence-electron chi connectivity index (χ1n) is 5.96. The van der Waals surface area contributed by atoms with Gasteiger partial charge in [-0.2, -0.15) is 5.10 Å². The highest BCUT2D eigenvalue weighted by Gasteiger charge is 2.30. The molecule has 1 unspecified atom stereocenters. The quantitative estimate of drug-likeness (QED) is 0.889. The maximum Gasteiger partial charge on any atom is 0.257 e. The topological polar surface area (TPSA) is 67.2 Å². The van der Waals surface area contributed by atoms with E-state index in [9.17, 15) is 14.3 Å². The van der Waals surface area contributed by atoms with Crippen molar-refractivity contribution in [2.24, 2.45) is 7.05 Å². The zero-order valence-electron chi connectivity index (χ0n) is 10.8. The number of amides is 1. The third-order valence-electron chi connectivity index (χ3n) is 3.08. The fourth-order valence-corrected chi connectivity index (χ4v) is 3.08. The van der Waals surface area contributed by atoms with Crippen LogP contribution in [0.25, 0.3) is 0 Å². The Morgan fingerprint density at radius 3 is 2.85 bits per heavy atom. The van der Waals surface area contributed by atoms with Gasteiger partial charge in [0.15, 0.2) is 6.10 Å². The number of nitrogens with one attached hydrogen (secondary N) is 1. The lowest BCUT2D eigenvalue weighted by Crippen LogP contribution is -2.10. The normalized spacial score (nSPS) is 17.2. The molecular formula is C13H12FN3O2S. The number of hydrogen-bond donors (Lipinski definition) is 2.